The van der Waals surface area contributed by atoms with Gasteiger partial charge in [-0.1, -0.05) is 30.7 Å². The molecule has 3 fully saturated rings. The van der Waals surface area contributed by atoms with E-state index in [0.29, 0.717) is 42.9 Å². The quantitative estimate of drug-likeness (QED) is 0.445. The van der Waals surface area contributed by atoms with Crippen molar-refractivity contribution < 1.29 is 24.2 Å². The molecule has 5 atom stereocenters. The molecule has 3 saturated heterocycles. The number of aliphatic hydroxyl groups excluding tert-OH is 1. The molecular formula is C28H36ClN3O5. The standard InChI is InChI=1S/C28H36ClN3O5/c1-5-15-30(4)24(34)21-22-25(35)32(17-8-18-33)23(28(22)14-13-27(21,7-3)37-28)26(36)31(16-6-2)20-11-9-19(29)10-12-20/h5-6,9-12,21-23,33H,1-2,7-8,13-18H2,3-4H3/t21-,22+,23?,27+,28?/m1/s1. The van der Waals surface area contributed by atoms with Gasteiger partial charge in [-0.15, -0.1) is 13.2 Å². The van der Waals surface area contributed by atoms with Gasteiger partial charge in [0, 0.05) is 44.0 Å². The molecule has 2 bridgehead atoms. The van der Waals surface area contributed by atoms with Gasteiger partial charge in [0.1, 0.15) is 11.6 Å². The number of carbonyl (C=O) groups is 3. The maximum absolute atomic E-state index is 14.4. The Labute approximate surface area is 223 Å². The van der Waals surface area contributed by atoms with E-state index >= 15 is 0 Å². The molecule has 37 heavy (non-hydrogen) atoms. The summed E-state index contributed by atoms with van der Waals surface area (Å²) >= 11 is 6.09. The summed E-state index contributed by atoms with van der Waals surface area (Å²) in [5.41, 5.74) is -1.31. The number of likely N-dealkylation sites (N-methyl/N-ethyl adjacent to an activating group) is 1. The maximum atomic E-state index is 14.4. The number of anilines is 1. The molecule has 8 nitrogen and oxygen atoms in total. The first kappa shape index (κ1) is 27.4. The van der Waals surface area contributed by atoms with Crippen LogP contribution in [0.2, 0.25) is 5.02 Å². The molecule has 200 valence electrons. The summed E-state index contributed by atoms with van der Waals surface area (Å²) in [5, 5.41) is 10.1. The topological polar surface area (TPSA) is 90.4 Å². The van der Waals surface area contributed by atoms with Gasteiger partial charge < -0.3 is 24.5 Å². The predicted molar refractivity (Wildman–Crippen MR) is 142 cm³/mol. The van der Waals surface area contributed by atoms with Crippen molar-refractivity contribution in [3.8, 4) is 0 Å². The second-order valence-corrected chi connectivity index (χ2v) is 10.6. The smallest absolute Gasteiger partial charge is 0.253 e. The number of hydrogen-bond donors (Lipinski definition) is 1. The van der Waals surface area contributed by atoms with Gasteiger partial charge in [0.05, 0.1) is 17.4 Å². The van der Waals surface area contributed by atoms with Crippen LogP contribution in [0.4, 0.5) is 5.69 Å². The fourth-order valence-electron chi connectivity index (χ4n) is 6.60. The normalized spacial score (nSPS) is 29.8. The van der Waals surface area contributed by atoms with Crippen LogP contribution in [0.15, 0.2) is 49.6 Å². The van der Waals surface area contributed by atoms with E-state index in [1.165, 1.54) is 4.90 Å². The predicted octanol–water partition coefficient (Wildman–Crippen LogP) is 3.04. The van der Waals surface area contributed by atoms with Crippen molar-refractivity contribution in [2.75, 3.05) is 38.2 Å². The molecule has 2 unspecified atom stereocenters. The average molecular weight is 530 g/mol. The molecule has 1 aromatic carbocycles. The summed E-state index contributed by atoms with van der Waals surface area (Å²) < 4.78 is 6.79. The highest BCUT2D eigenvalue weighted by Crippen LogP contribution is 2.64. The van der Waals surface area contributed by atoms with Crippen molar-refractivity contribution in [2.45, 2.75) is 49.9 Å². The molecular weight excluding hydrogens is 494 g/mol. The van der Waals surface area contributed by atoms with Gasteiger partial charge in [-0.25, -0.2) is 0 Å². The van der Waals surface area contributed by atoms with Crippen LogP contribution in [0.5, 0.6) is 0 Å². The second-order valence-electron chi connectivity index (χ2n) is 10.2. The van der Waals surface area contributed by atoms with Crippen molar-refractivity contribution in [3.63, 3.8) is 0 Å². The van der Waals surface area contributed by atoms with Gasteiger partial charge in [-0.3, -0.25) is 14.4 Å². The van der Waals surface area contributed by atoms with Gasteiger partial charge in [-0.05, 0) is 49.9 Å². The van der Waals surface area contributed by atoms with E-state index in [9.17, 15) is 19.5 Å². The number of fused-ring (bicyclic) bond motifs is 1. The number of halogens is 1. The van der Waals surface area contributed by atoms with E-state index in [2.05, 4.69) is 13.2 Å². The number of amides is 3. The lowest BCUT2D eigenvalue weighted by molar-refractivity contribution is -0.150. The van der Waals surface area contributed by atoms with E-state index < -0.39 is 29.1 Å². The molecule has 0 aromatic heterocycles. The Hall–Kier alpha value is -2.68. The molecule has 1 aromatic rings. The average Bonchev–Trinajstić information content (AvgIpc) is 3.49. The van der Waals surface area contributed by atoms with Crippen molar-refractivity contribution >= 4 is 35.0 Å². The molecule has 1 N–H and O–H groups in total. The van der Waals surface area contributed by atoms with Crippen LogP contribution in [0.3, 0.4) is 0 Å². The monoisotopic (exact) mass is 529 g/mol. The summed E-state index contributed by atoms with van der Waals surface area (Å²) in [6.07, 6.45) is 5.24. The number of aliphatic hydroxyl groups is 1. The molecule has 4 rings (SSSR count). The van der Waals surface area contributed by atoms with Crippen LogP contribution in [0, 0.1) is 11.8 Å². The lowest BCUT2D eigenvalue weighted by Crippen LogP contribution is -2.56. The number of likely N-dealkylation sites (tertiary alicyclic amines) is 1. The Balaban J connectivity index is 1.81. The Morgan fingerprint density at radius 2 is 1.86 bits per heavy atom. The van der Waals surface area contributed by atoms with Crippen molar-refractivity contribution in [1.82, 2.24) is 9.80 Å². The number of hydrogen-bond acceptors (Lipinski definition) is 5. The third kappa shape index (κ3) is 4.29. The van der Waals surface area contributed by atoms with E-state index in [1.807, 2.05) is 6.92 Å². The minimum absolute atomic E-state index is 0.125. The minimum atomic E-state index is -1.12. The zero-order chi connectivity index (χ0) is 27.0. The largest absolute Gasteiger partial charge is 0.396 e. The molecule has 3 aliphatic heterocycles. The maximum Gasteiger partial charge on any atom is 0.253 e. The number of ether oxygens (including phenoxy) is 1. The van der Waals surface area contributed by atoms with Crippen LogP contribution in [0.1, 0.15) is 32.6 Å². The second kappa shape index (κ2) is 10.6. The van der Waals surface area contributed by atoms with Crippen LogP contribution in [0.25, 0.3) is 0 Å². The zero-order valence-corrected chi connectivity index (χ0v) is 22.3. The zero-order valence-electron chi connectivity index (χ0n) is 21.6. The van der Waals surface area contributed by atoms with Gasteiger partial charge in [0.25, 0.3) is 5.91 Å². The van der Waals surface area contributed by atoms with Crippen molar-refractivity contribution in [3.05, 3.63) is 54.6 Å². The molecule has 3 amide bonds. The highest BCUT2D eigenvalue weighted by atomic mass is 35.5. The van der Waals surface area contributed by atoms with Gasteiger partial charge in [0.15, 0.2) is 0 Å². The third-order valence-corrected chi connectivity index (χ3v) is 8.49. The fraction of sp³-hybridized carbons (Fsp3) is 0.536. The highest BCUT2D eigenvalue weighted by molar-refractivity contribution is 6.30. The van der Waals surface area contributed by atoms with E-state index in [-0.39, 0.29) is 37.4 Å². The lowest BCUT2D eigenvalue weighted by atomic mass is 9.64. The number of carbonyl (C=O) groups excluding carboxylic acids is 3. The number of nitrogens with zero attached hydrogens (tertiary/aromatic N) is 3. The summed E-state index contributed by atoms with van der Waals surface area (Å²) in [5.74, 6) is -2.19. The summed E-state index contributed by atoms with van der Waals surface area (Å²) in [7, 11) is 1.70. The Morgan fingerprint density at radius 1 is 1.19 bits per heavy atom. The fourth-order valence-corrected chi connectivity index (χ4v) is 6.72. The van der Waals surface area contributed by atoms with Gasteiger partial charge >= 0.3 is 0 Å². The molecule has 3 aliphatic rings. The van der Waals surface area contributed by atoms with Crippen molar-refractivity contribution in [1.29, 1.82) is 0 Å². The highest BCUT2D eigenvalue weighted by Gasteiger charge is 2.78. The van der Waals surface area contributed by atoms with Crippen molar-refractivity contribution in [2.24, 2.45) is 11.8 Å². The first-order valence-electron chi connectivity index (χ1n) is 12.9. The molecule has 9 heteroatoms. The molecule has 3 heterocycles. The number of rotatable bonds is 11. The SMILES string of the molecule is C=CCN(C)C(=O)[C@H]1[C@H]2C(=O)N(CCCO)C(C(=O)N(CC=C)c3ccc(Cl)cc3)C23CC[C@]1(CC)O3. The van der Waals surface area contributed by atoms with Crippen LogP contribution in [-0.2, 0) is 19.1 Å². The molecule has 0 saturated carbocycles. The van der Waals surface area contributed by atoms with Crippen LogP contribution in [-0.4, -0.2) is 83.2 Å². The first-order chi connectivity index (χ1) is 17.7. The summed E-state index contributed by atoms with van der Waals surface area (Å²) in [6, 6.07) is 6.00. The van der Waals surface area contributed by atoms with E-state index in [1.54, 1.807) is 53.3 Å². The van der Waals surface area contributed by atoms with Gasteiger partial charge in [0.2, 0.25) is 11.8 Å². The minimum Gasteiger partial charge on any atom is -0.396 e. The Kier molecular flexibility index (Phi) is 7.83. The summed E-state index contributed by atoms with van der Waals surface area (Å²) in [4.78, 5) is 46.9. The lowest BCUT2D eigenvalue weighted by Gasteiger charge is -2.37. The van der Waals surface area contributed by atoms with E-state index in [0.717, 1.165) is 0 Å². The molecule has 0 aliphatic carbocycles. The number of benzene rings is 1. The van der Waals surface area contributed by atoms with Gasteiger partial charge in [-0.2, -0.15) is 0 Å². The first-order valence-corrected chi connectivity index (χ1v) is 13.2. The van der Waals surface area contributed by atoms with Crippen LogP contribution < -0.4 is 4.90 Å². The Bertz CT molecular complexity index is 1080. The molecule has 0 radical (unpaired) electrons. The molecule has 1 spiro atoms. The van der Waals surface area contributed by atoms with E-state index in [4.69, 9.17) is 16.3 Å². The third-order valence-electron chi connectivity index (χ3n) is 8.23. The summed E-state index contributed by atoms with van der Waals surface area (Å²) in [6.45, 7) is 10.2. The Morgan fingerprint density at radius 3 is 2.46 bits per heavy atom. The van der Waals surface area contributed by atoms with Crippen LogP contribution >= 0.6 is 11.6 Å².